The number of nitrogens with one attached hydrogen (secondary N) is 1. The Bertz CT molecular complexity index is 553. The second kappa shape index (κ2) is 7.11. The van der Waals surface area contributed by atoms with Crippen LogP contribution in [-0.2, 0) is 4.79 Å². The van der Waals surface area contributed by atoms with Gasteiger partial charge in [-0.05, 0) is 18.6 Å². The number of hydrogen-bond donors (Lipinski definition) is 2. The molecule has 6 nitrogen and oxygen atoms in total. The number of urea groups is 1. The van der Waals surface area contributed by atoms with E-state index in [9.17, 15) is 14.0 Å². The van der Waals surface area contributed by atoms with Gasteiger partial charge in [0.25, 0.3) is 0 Å². The first kappa shape index (κ1) is 16.1. The molecule has 1 aliphatic rings. The zero-order valence-corrected chi connectivity index (χ0v) is 12.5. The molecule has 2 N–H and O–H groups in total. The van der Waals surface area contributed by atoms with Crippen molar-refractivity contribution in [2.24, 2.45) is 0 Å². The van der Waals surface area contributed by atoms with Crippen LogP contribution in [0.15, 0.2) is 24.3 Å². The fourth-order valence-corrected chi connectivity index (χ4v) is 2.45. The highest BCUT2D eigenvalue weighted by Crippen LogP contribution is 2.23. The summed E-state index contributed by atoms with van der Waals surface area (Å²) in [5.74, 6) is -1.21. The van der Waals surface area contributed by atoms with E-state index >= 15 is 0 Å². The van der Waals surface area contributed by atoms with Crippen LogP contribution >= 0.6 is 0 Å². The van der Waals surface area contributed by atoms with E-state index in [0.29, 0.717) is 18.8 Å². The lowest BCUT2D eigenvalue weighted by Gasteiger charge is -2.22. The Labute approximate surface area is 128 Å². The third-order valence-electron chi connectivity index (χ3n) is 3.72. The Morgan fingerprint density at radius 1 is 1.45 bits per heavy atom. The molecule has 1 heterocycles. The molecule has 0 saturated carbocycles. The molecule has 1 saturated heterocycles. The molecule has 1 atom stereocenters. The van der Waals surface area contributed by atoms with Crippen LogP contribution in [0, 0.1) is 5.82 Å². The molecule has 0 aliphatic carbocycles. The molecule has 1 aliphatic heterocycles. The smallest absolute Gasteiger partial charge is 0.317 e. The average molecular weight is 309 g/mol. The van der Waals surface area contributed by atoms with Gasteiger partial charge in [-0.3, -0.25) is 4.79 Å². The van der Waals surface area contributed by atoms with Crippen molar-refractivity contribution >= 4 is 17.7 Å². The first-order valence-corrected chi connectivity index (χ1v) is 7.20. The van der Waals surface area contributed by atoms with E-state index in [4.69, 9.17) is 5.11 Å². The van der Waals surface area contributed by atoms with Gasteiger partial charge in [0.15, 0.2) is 0 Å². The van der Waals surface area contributed by atoms with Crippen LogP contribution in [0.1, 0.15) is 12.8 Å². The number of amides is 2. The summed E-state index contributed by atoms with van der Waals surface area (Å²) in [7, 11) is 1.56. The lowest BCUT2D eigenvalue weighted by molar-refractivity contribution is -0.137. The van der Waals surface area contributed by atoms with E-state index < -0.39 is 5.97 Å². The number of carbonyl (C=O) groups excluding carboxylic acids is 1. The number of nitrogens with zero attached hydrogens (tertiary/aromatic N) is 2. The normalized spacial score (nSPS) is 17.4. The largest absolute Gasteiger partial charge is 0.481 e. The van der Waals surface area contributed by atoms with Crippen LogP contribution in [-0.4, -0.2) is 54.7 Å². The monoisotopic (exact) mass is 309 g/mol. The molecule has 0 bridgehead atoms. The van der Waals surface area contributed by atoms with Crippen molar-refractivity contribution in [1.82, 2.24) is 10.2 Å². The molecule has 0 radical (unpaired) electrons. The highest BCUT2D eigenvalue weighted by atomic mass is 19.1. The van der Waals surface area contributed by atoms with Crippen molar-refractivity contribution in [3.05, 3.63) is 30.1 Å². The van der Waals surface area contributed by atoms with Crippen molar-refractivity contribution in [3.8, 4) is 0 Å². The number of para-hydroxylation sites is 1. The van der Waals surface area contributed by atoms with Crippen molar-refractivity contribution in [2.75, 3.05) is 31.6 Å². The number of rotatable bonds is 5. The van der Waals surface area contributed by atoms with Crippen LogP contribution in [0.5, 0.6) is 0 Å². The van der Waals surface area contributed by atoms with Crippen LogP contribution < -0.4 is 10.2 Å². The summed E-state index contributed by atoms with van der Waals surface area (Å²) in [6, 6.07) is 6.19. The number of halogens is 1. The van der Waals surface area contributed by atoms with E-state index in [1.54, 1.807) is 25.2 Å². The third-order valence-corrected chi connectivity index (χ3v) is 3.72. The Morgan fingerprint density at radius 2 is 2.18 bits per heavy atom. The SMILES string of the molecule is CN(CCC(=O)O)C(=O)NC1CCN(c2ccccc2F)C1. The van der Waals surface area contributed by atoms with E-state index in [1.807, 2.05) is 4.90 Å². The van der Waals surface area contributed by atoms with E-state index in [2.05, 4.69) is 5.32 Å². The fraction of sp³-hybridized carbons (Fsp3) is 0.467. The Balaban J connectivity index is 1.85. The van der Waals surface area contributed by atoms with Gasteiger partial charge in [-0.1, -0.05) is 12.1 Å². The zero-order chi connectivity index (χ0) is 16.1. The second-order valence-electron chi connectivity index (χ2n) is 5.40. The van der Waals surface area contributed by atoms with Gasteiger partial charge in [-0.15, -0.1) is 0 Å². The first-order chi connectivity index (χ1) is 10.5. The van der Waals surface area contributed by atoms with Gasteiger partial charge in [0.1, 0.15) is 5.82 Å². The zero-order valence-electron chi connectivity index (χ0n) is 12.5. The lowest BCUT2D eigenvalue weighted by Crippen LogP contribution is -2.44. The number of carboxylic acid groups (broad SMARTS) is 1. The molecule has 1 unspecified atom stereocenters. The van der Waals surface area contributed by atoms with E-state index in [0.717, 1.165) is 6.42 Å². The minimum atomic E-state index is -0.939. The molecule has 120 valence electrons. The van der Waals surface area contributed by atoms with Gasteiger partial charge in [0.2, 0.25) is 0 Å². The van der Waals surface area contributed by atoms with Gasteiger partial charge < -0.3 is 20.2 Å². The summed E-state index contributed by atoms with van der Waals surface area (Å²) in [5, 5.41) is 11.5. The molecular weight excluding hydrogens is 289 g/mol. The first-order valence-electron chi connectivity index (χ1n) is 7.20. The summed E-state index contributed by atoms with van der Waals surface area (Å²) in [6.45, 7) is 1.37. The Hall–Kier alpha value is -2.31. The molecule has 0 aromatic heterocycles. The third kappa shape index (κ3) is 4.09. The van der Waals surface area contributed by atoms with Gasteiger partial charge >= 0.3 is 12.0 Å². The van der Waals surface area contributed by atoms with Crippen molar-refractivity contribution < 1.29 is 19.1 Å². The number of benzene rings is 1. The summed E-state index contributed by atoms with van der Waals surface area (Å²) in [5.41, 5.74) is 0.540. The van der Waals surface area contributed by atoms with Crippen LogP contribution in [0.2, 0.25) is 0 Å². The highest BCUT2D eigenvalue weighted by molar-refractivity contribution is 5.75. The van der Waals surface area contributed by atoms with E-state index in [1.165, 1.54) is 11.0 Å². The van der Waals surface area contributed by atoms with Gasteiger partial charge in [-0.2, -0.15) is 0 Å². The quantitative estimate of drug-likeness (QED) is 0.865. The average Bonchev–Trinajstić information content (AvgIpc) is 2.93. The molecule has 1 fully saturated rings. The highest BCUT2D eigenvalue weighted by Gasteiger charge is 2.26. The van der Waals surface area contributed by atoms with Crippen molar-refractivity contribution in [1.29, 1.82) is 0 Å². The fourth-order valence-electron chi connectivity index (χ4n) is 2.45. The number of carbonyl (C=O) groups is 2. The number of aliphatic carboxylic acids is 1. The molecule has 0 spiro atoms. The van der Waals surface area contributed by atoms with Crippen LogP contribution in [0.3, 0.4) is 0 Å². The standard InChI is InChI=1S/C15H20FN3O3/c1-18(8-7-14(20)21)15(22)17-11-6-9-19(10-11)13-5-3-2-4-12(13)16/h2-5,11H,6-10H2,1H3,(H,17,22)(H,20,21). The molecule has 22 heavy (non-hydrogen) atoms. The molecule has 1 aromatic carbocycles. The predicted molar refractivity (Wildman–Crippen MR) is 80.4 cm³/mol. The molecule has 7 heteroatoms. The molecule has 2 amide bonds. The van der Waals surface area contributed by atoms with E-state index in [-0.39, 0.29) is 30.9 Å². The summed E-state index contributed by atoms with van der Waals surface area (Å²) in [6.07, 6.45) is 0.642. The minimum absolute atomic E-state index is 0.0700. The number of anilines is 1. The van der Waals surface area contributed by atoms with Crippen LogP contribution in [0.4, 0.5) is 14.9 Å². The van der Waals surface area contributed by atoms with Gasteiger partial charge in [0, 0.05) is 32.7 Å². The summed E-state index contributed by atoms with van der Waals surface area (Å²) in [4.78, 5) is 25.7. The maximum atomic E-state index is 13.7. The summed E-state index contributed by atoms with van der Waals surface area (Å²) >= 11 is 0. The van der Waals surface area contributed by atoms with Crippen molar-refractivity contribution in [3.63, 3.8) is 0 Å². The number of carboxylic acids is 1. The topological polar surface area (TPSA) is 72.9 Å². The van der Waals surface area contributed by atoms with Crippen molar-refractivity contribution in [2.45, 2.75) is 18.9 Å². The minimum Gasteiger partial charge on any atom is -0.481 e. The maximum Gasteiger partial charge on any atom is 0.317 e. The lowest BCUT2D eigenvalue weighted by atomic mass is 10.2. The predicted octanol–water partition coefficient (Wildman–Crippen LogP) is 1.52. The number of hydrogen-bond acceptors (Lipinski definition) is 3. The molecule has 1 aromatic rings. The van der Waals surface area contributed by atoms with Gasteiger partial charge in [-0.25, -0.2) is 9.18 Å². The molecular formula is C15H20FN3O3. The van der Waals surface area contributed by atoms with Crippen LogP contribution in [0.25, 0.3) is 0 Å². The summed E-state index contributed by atoms with van der Waals surface area (Å²) < 4.78 is 13.7. The maximum absolute atomic E-state index is 13.7. The second-order valence-corrected chi connectivity index (χ2v) is 5.40. The Morgan fingerprint density at radius 3 is 2.86 bits per heavy atom. The molecule has 2 rings (SSSR count). The Kier molecular flexibility index (Phi) is 5.19. The van der Waals surface area contributed by atoms with Gasteiger partial charge in [0.05, 0.1) is 12.1 Å².